The van der Waals surface area contributed by atoms with Crippen LogP contribution >= 0.6 is 34.5 Å². The van der Waals surface area contributed by atoms with Gasteiger partial charge in [0.25, 0.3) is 5.56 Å². The summed E-state index contributed by atoms with van der Waals surface area (Å²) in [4.78, 5) is 43.2. The molecule has 0 spiro atoms. The Kier molecular flexibility index (Phi) is 7.87. The van der Waals surface area contributed by atoms with E-state index in [-0.39, 0.29) is 29.2 Å². The molecular formula is C26H22Cl2N2O6S. The molecule has 1 unspecified atom stereocenters. The third-order valence-electron chi connectivity index (χ3n) is 5.52. The maximum absolute atomic E-state index is 13.7. The molecular weight excluding hydrogens is 539 g/mol. The van der Waals surface area contributed by atoms with Crippen molar-refractivity contribution < 1.29 is 23.8 Å². The molecule has 1 atom stereocenters. The highest BCUT2D eigenvalue weighted by atomic mass is 35.5. The predicted octanol–water partition coefficient (Wildman–Crippen LogP) is 4.04. The van der Waals surface area contributed by atoms with Gasteiger partial charge in [-0.3, -0.25) is 14.2 Å². The van der Waals surface area contributed by atoms with Gasteiger partial charge in [-0.15, -0.1) is 0 Å². The summed E-state index contributed by atoms with van der Waals surface area (Å²) in [6, 6.07) is 8.96. The molecule has 11 heteroatoms. The fourth-order valence-corrected chi connectivity index (χ4v) is 5.46. The van der Waals surface area contributed by atoms with Crippen molar-refractivity contribution in [3.8, 4) is 11.5 Å². The number of fused-ring (bicyclic) bond motifs is 1. The Labute approximate surface area is 226 Å². The van der Waals surface area contributed by atoms with Crippen molar-refractivity contribution in [2.45, 2.75) is 26.8 Å². The van der Waals surface area contributed by atoms with E-state index in [9.17, 15) is 14.4 Å². The molecule has 4 rings (SSSR count). The second kappa shape index (κ2) is 10.9. The average Bonchev–Trinajstić information content (AvgIpc) is 3.14. The summed E-state index contributed by atoms with van der Waals surface area (Å²) in [5.74, 6) is -0.628. The zero-order chi connectivity index (χ0) is 26.9. The van der Waals surface area contributed by atoms with Crippen molar-refractivity contribution >= 4 is 52.6 Å². The monoisotopic (exact) mass is 560 g/mol. The summed E-state index contributed by atoms with van der Waals surface area (Å²) in [7, 11) is 1.43. The zero-order valence-corrected chi connectivity index (χ0v) is 22.7. The number of thiazole rings is 1. The van der Waals surface area contributed by atoms with Crippen LogP contribution in [0.2, 0.25) is 10.0 Å². The van der Waals surface area contributed by atoms with Crippen LogP contribution in [0.3, 0.4) is 0 Å². The van der Waals surface area contributed by atoms with Gasteiger partial charge in [0.05, 0.1) is 35.6 Å². The van der Waals surface area contributed by atoms with Crippen LogP contribution in [0.1, 0.15) is 37.9 Å². The lowest BCUT2D eigenvalue weighted by atomic mass is 9.95. The summed E-state index contributed by atoms with van der Waals surface area (Å²) >= 11 is 13.5. The highest BCUT2D eigenvalue weighted by Crippen LogP contribution is 2.36. The first-order valence-electron chi connectivity index (χ1n) is 11.2. The van der Waals surface area contributed by atoms with Gasteiger partial charge in [0.2, 0.25) is 0 Å². The third kappa shape index (κ3) is 5.34. The number of benzene rings is 2. The number of hydrogen-bond donors (Lipinski definition) is 0. The van der Waals surface area contributed by atoms with Crippen molar-refractivity contribution in [1.82, 2.24) is 4.57 Å². The SMILES string of the molecule is CCOC(=O)C1=C(C)N=c2sc(=Cc3ccc(Cl)cc3Cl)c(=O)n2C1c1ccc(OC(C)=O)c(OC)c1. The average molecular weight is 561 g/mol. The molecule has 1 aliphatic heterocycles. The Morgan fingerprint density at radius 1 is 1.16 bits per heavy atom. The number of carbonyl (C=O) groups is 2. The molecule has 0 radical (unpaired) electrons. The van der Waals surface area contributed by atoms with Crippen LogP contribution in [0.5, 0.6) is 11.5 Å². The topological polar surface area (TPSA) is 96.2 Å². The lowest BCUT2D eigenvalue weighted by Crippen LogP contribution is -2.40. The molecule has 0 saturated heterocycles. The number of nitrogens with zero attached hydrogens (tertiary/aromatic N) is 2. The predicted molar refractivity (Wildman–Crippen MR) is 141 cm³/mol. The van der Waals surface area contributed by atoms with Crippen LogP contribution < -0.4 is 24.4 Å². The number of allylic oxidation sites excluding steroid dienone is 1. The fourth-order valence-electron chi connectivity index (χ4n) is 3.96. The first kappa shape index (κ1) is 26.7. The van der Waals surface area contributed by atoms with Gasteiger partial charge in [0.15, 0.2) is 16.3 Å². The van der Waals surface area contributed by atoms with E-state index in [0.717, 1.165) is 0 Å². The summed E-state index contributed by atoms with van der Waals surface area (Å²) in [6.07, 6.45) is 1.66. The van der Waals surface area contributed by atoms with Crippen LogP contribution in [0.4, 0.5) is 0 Å². The molecule has 0 bridgehead atoms. The van der Waals surface area contributed by atoms with Crippen molar-refractivity contribution in [1.29, 1.82) is 0 Å². The lowest BCUT2D eigenvalue weighted by Gasteiger charge is -2.25. The van der Waals surface area contributed by atoms with Crippen molar-refractivity contribution in [2.75, 3.05) is 13.7 Å². The minimum absolute atomic E-state index is 0.149. The quantitative estimate of drug-likeness (QED) is 0.333. The highest BCUT2D eigenvalue weighted by Gasteiger charge is 2.34. The van der Waals surface area contributed by atoms with Gasteiger partial charge < -0.3 is 14.2 Å². The number of hydrogen-bond acceptors (Lipinski definition) is 8. The van der Waals surface area contributed by atoms with E-state index in [1.165, 1.54) is 29.9 Å². The van der Waals surface area contributed by atoms with Gasteiger partial charge in [-0.1, -0.05) is 46.7 Å². The Morgan fingerprint density at radius 2 is 1.92 bits per heavy atom. The van der Waals surface area contributed by atoms with Crippen molar-refractivity contribution in [2.24, 2.45) is 4.99 Å². The first-order valence-corrected chi connectivity index (χ1v) is 12.7. The van der Waals surface area contributed by atoms with Crippen LogP contribution in [-0.4, -0.2) is 30.2 Å². The number of aromatic nitrogens is 1. The molecule has 0 fully saturated rings. The van der Waals surface area contributed by atoms with E-state index >= 15 is 0 Å². The van der Waals surface area contributed by atoms with Crippen LogP contribution in [0.15, 0.2) is 57.5 Å². The van der Waals surface area contributed by atoms with Crippen LogP contribution in [-0.2, 0) is 14.3 Å². The second-order valence-corrected chi connectivity index (χ2v) is 9.82. The van der Waals surface area contributed by atoms with E-state index in [4.69, 9.17) is 37.4 Å². The normalized spacial score (nSPS) is 15.2. The largest absolute Gasteiger partial charge is 0.493 e. The Bertz CT molecular complexity index is 1620. The van der Waals surface area contributed by atoms with E-state index in [2.05, 4.69) is 4.99 Å². The Hall–Kier alpha value is -3.40. The smallest absolute Gasteiger partial charge is 0.338 e. The summed E-state index contributed by atoms with van der Waals surface area (Å²) < 4.78 is 17.8. The van der Waals surface area contributed by atoms with Gasteiger partial charge in [-0.2, -0.15) is 0 Å². The molecule has 3 aromatic rings. The van der Waals surface area contributed by atoms with Gasteiger partial charge in [-0.05, 0) is 55.3 Å². The van der Waals surface area contributed by atoms with E-state index in [0.29, 0.717) is 36.2 Å². The highest BCUT2D eigenvalue weighted by molar-refractivity contribution is 7.07. The van der Waals surface area contributed by atoms with Crippen molar-refractivity contribution in [3.63, 3.8) is 0 Å². The Balaban J connectivity index is 1.96. The standard InChI is InChI=1S/C26H22Cl2N2O6S/c1-5-35-25(33)22-13(2)29-26-30(23(22)16-7-9-19(36-14(3)31)20(10-16)34-4)24(32)21(37-26)11-15-6-8-17(27)12-18(15)28/h6-12,23H,5H2,1-4H3. The third-order valence-corrected chi connectivity index (χ3v) is 7.07. The molecule has 0 N–H and O–H groups in total. The molecule has 2 aromatic carbocycles. The van der Waals surface area contributed by atoms with E-state index in [1.807, 2.05) is 0 Å². The molecule has 192 valence electrons. The van der Waals surface area contributed by atoms with Crippen LogP contribution in [0.25, 0.3) is 6.08 Å². The van der Waals surface area contributed by atoms with Crippen LogP contribution in [0, 0.1) is 0 Å². The minimum atomic E-state index is -0.863. The minimum Gasteiger partial charge on any atom is -0.493 e. The first-order chi connectivity index (χ1) is 17.6. The molecule has 1 aromatic heterocycles. The number of methoxy groups -OCH3 is 1. The molecule has 2 heterocycles. The number of rotatable bonds is 6. The summed E-state index contributed by atoms with van der Waals surface area (Å²) in [5.41, 5.74) is 1.43. The number of carbonyl (C=O) groups excluding carboxylic acids is 2. The fraction of sp³-hybridized carbons (Fsp3) is 0.231. The summed E-state index contributed by atoms with van der Waals surface area (Å²) in [5, 5.41) is 0.869. The van der Waals surface area contributed by atoms with Gasteiger partial charge in [0, 0.05) is 17.0 Å². The lowest BCUT2D eigenvalue weighted by molar-refractivity contribution is -0.139. The Morgan fingerprint density at radius 3 is 2.57 bits per heavy atom. The van der Waals surface area contributed by atoms with Gasteiger partial charge in [0.1, 0.15) is 0 Å². The molecule has 0 amide bonds. The van der Waals surface area contributed by atoms with Gasteiger partial charge in [-0.25, -0.2) is 9.79 Å². The van der Waals surface area contributed by atoms with Crippen molar-refractivity contribution in [3.05, 3.63) is 88.5 Å². The molecule has 1 aliphatic rings. The van der Waals surface area contributed by atoms with E-state index in [1.54, 1.807) is 56.3 Å². The molecule has 0 aliphatic carbocycles. The number of ether oxygens (including phenoxy) is 3. The second-order valence-electron chi connectivity index (χ2n) is 7.97. The van der Waals surface area contributed by atoms with Gasteiger partial charge >= 0.3 is 11.9 Å². The number of esters is 2. The molecule has 8 nitrogen and oxygen atoms in total. The number of halogens is 2. The summed E-state index contributed by atoms with van der Waals surface area (Å²) in [6.45, 7) is 4.82. The molecule has 0 saturated carbocycles. The van der Waals surface area contributed by atoms with E-state index < -0.39 is 18.0 Å². The zero-order valence-electron chi connectivity index (χ0n) is 20.3. The maximum atomic E-state index is 13.7. The maximum Gasteiger partial charge on any atom is 0.338 e. The molecule has 37 heavy (non-hydrogen) atoms.